The SMILES string of the molecule is CC1CC(CN)(N2CCOc3ccccc3C2)CS1. The number of fused-ring (bicyclic) bond motifs is 1. The summed E-state index contributed by atoms with van der Waals surface area (Å²) in [6.07, 6.45) is 1.19. The summed E-state index contributed by atoms with van der Waals surface area (Å²) in [6, 6.07) is 8.37. The van der Waals surface area contributed by atoms with Gasteiger partial charge in [-0.15, -0.1) is 0 Å². The minimum Gasteiger partial charge on any atom is -0.492 e. The normalized spacial score (nSPS) is 31.6. The van der Waals surface area contributed by atoms with Crippen molar-refractivity contribution >= 4 is 11.8 Å². The standard InChI is InChI=1S/C15H22N2OS/c1-12-8-15(10-16,11-19-12)17-6-7-18-14-5-3-2-4-13(14)9-17/h2-5,12H,6-11,16H2,1H3. The lowest BCUT2D eigenvalue weighted by Gasteiger charge is -2.39. The van der Waals surface area contributed by atoms with Crippen molar-refractivity contribution in [1.82, 2.24) is 4.90 Å². The summed E-state index contributed by atoms with van der Waals surface area (Å²) in [5.74, 6) is 2.18. The molecule has 2 heterocycles. The maximum absolute atomic E-state index is 6.14. The first-order valence-corrected chi connectivity index (χ1v) is 8.06. The zero-order chi connectivity index (χ0) is 13.3. The van der Waals surface area contributed by atoms with E-state index in [4.69, 9.17) is 10.5 Å². The van der Waals surface area contributed by atoms with Gasteiger partial charge in [0.15, 0.2) is 0 Å². The lowest BCUT2D eigenvalue weighted by molar-refractivity contribution is 0.0956. The number of benzene rings is 1. The van der Waals surface area contributed by atoms with Crippen LogP contribution in [0.15, 0.2) is 24.3 Å². The molecule has 0 aliphatic carbocycles. The Morgan fingerprint density at radius 1 is 1.47 bits per heavy atom. The molecule has 0 saturated carbocycles. The largest absolute Gasteiger partial charge is 0.492 e. The van der Waals surface area contributed by atoms with E-state index in [2.05, 4.69) is 30.0 Å². The van der Waals surface area contributed by atoms with Crippen LogP contribution in [0.1, 0.15) is 18.9 Å². The van der Waals surface area contributed by atoms with Crippen LogP contribution in [0.2, 0.25) is 0 Å². The van der Waals surface area contributed by atoms with Crippen LogP contribution in [0.4, 0.5) is 0 Å². The third-order valence-corrected chi connectivity index (χ3v) is 5.75. The third kappa shape index (κ3) is 2.49. The third-order valence-electron chi connectivity index (χ3n) is 4.31. The zero-order valence-corrected chi connectivity index (χ0v) is 12.3. The van der Waals surface area contributed by atoms with Crippen molar-refractivity contribution in [3.63, 3.8) is 0 Å². The van der Waals surface area contributed by atoms with Crippen molar-refractivity contribution in [2.75, 3.05) is 25.4 Å². The molecule has 3 nitrogen and oxygen atoms in total. The topological polar surface area (TPSA) is 38.5 Å². The van der Waals surface area contributed by atoms with E-state index in [0.29, 0.717) is 5.25 Å². The van der Waals surface area contributed by atoms with Crippen LogP contribution in [-0.4, -0.2) is 41.1 Å². The molecule has 0 aromatic heterocycles. The monoisotopic (exact) mass is 278 g/mol. The number of rotatable bonds is 2. The van der Waals surface area contributed by atoms with E-state index in [0.717, 1.165) is 37.7 Å². The molecule has 3 rings (SSSR count). The molecule has 2 N–H and O–H groups in total. The number of hydrogen-bond acceptors (Lipinski definition) is 4. The van der Waals surface area contributed by atoms with Crippen LogP contribution in [0.25, 0.3) is 0 Å². The summed E-state index contributed by atoms with van der Waals surface area (Å²) in [5, 5.41) is 0.711. The number of nitrogens with two attached hydrogens (primary N) is 1. The van der Waals surface area contributed by atoms with Crippen LogP contribution in [-0.2, 0) is 6.54 Å². The van der Waals surface area contributed by atoms with Crippen molar-refractivity contribution in [1.29, 1.82) is 0 Å². The summed E-state index contributed by atoms with van der Waals surface area (Å²) in [6.45, 7) is 5.74. The van der Waals surface area contributed by atoms with Crippen LogP contribution in [0, 0.1) is 0 Å². The molecule has 1 fully saturated rings. The molecule has 19 heavy (non-hydrogen) atoms. The van der Waals surface area contributed by atoms with Crippen LogP contribution in [0.3, 0.4) is 0 Å². The van der Waals surface area contributed by atoms with E-state index in [1.54, 1.807) is 0 Å². The highest BCUT2D eigenvalue weighted by Gasteiger charge is 2.42. The number of para-hydroxylation sites is 1. The molecule has 1 saturated heterocycles. The van der Waals surface area contributed by atoms with Gasteiger partial charge >= 0.3 is 0 Å². The van der Waals surface area contributed by atoms with E-state index in [1.807, 2.05) is 17.8 Å². The Balaban J connectivity index is 1.85. The lowest BCUT2D eigenvalue weighted by Crippen LogP contribution is -2.54. The molecule has 0 bridgehead atoms. The highest BCUT2D eigenvalue weighted by molar-refractivity contribution is 8.00. The van der Waals surface area contributed by atoms with Gasteiger partial charge < -0.3 is 10.5 Å². The van der Waals surface area contributed by atoms with E-state index in [-0.39, 0.29) is 5.54 Å². The second kappa shape index (κ2) is 5.35. The molecule has 2 atom stereocenters. The summed E-state index contributed by atoms with van der Waals surface area (Å²) >= 11 is 2.05. The van der Waals surface area contributed by atoms with Crippen LogP contribution < -0.4 is 10.5 Å². The molecule has 1 aromatic rings. The van der Waals surface area contributed by atoms with Crippen molar-refractivity contribution in [3.8, 4) is 5.75 Å². The van der Waals surface area contributed by atoms with Gasteiger partial charge in [-0.25, -0.2) is 0 Å². The first kappa shape index (κ1) is 13.3. The Morgan fingerprint density at radius 2 is 2.32 bits per heavy atom. The van der Waals surface area contributed by atoms with Gasteiger partial charge in [0.25, 0.3) is 0 Å². The Morgan fingerprint density at radius 3 is 3.05 bits per heavy atom. The first-order valence-electron chi connectivity index (χ1n) is 7.01. The lowest BCUT2D eigenvalue weighted by atomic mass is 9.93. The highest BCUT2D eigenvalue weighted by atomic mass is 32.2. The van der Waals surface area contributed by atoms with Crippen molar-refractivity contribution in [2.45, 2.75) is 30.7 Å². The summed E-state index contributed by atoms with van der Waals surface area (Å²) < 4.78 is 5.87. The van der Waals surface area contributed by atoms with Crippen molar-refractivity contribution < 1.29 is 4.74 Å². The van der Waals surface area contributed by atoms with E-state index in [1.165, 1.54) is 12.0 Å². The van der Waals surface area contributed by atoms with Crippen LogP contribution >= 0.6 is 11.8 Å². The average Bonchev–Trinajstić information content (AvgIpc) is 2.69. The minimum atomic E-state index is 0.158. The highest BCUT2D eigenvalue weighted by Crippen LogP contribution is 2.39. The van der Waals surface area contributed by atoms with Gasteiger partial charge in [-0.1, -0.05) is 25.1 Å². The molecular formula is C15H22N2OS. The van der Waals surface area contributed by atoms with Gasteiger partial charge in [-0.3, -0.25) is 4.90 Å². The van der Waals surface area contributed by atoms with Gasteiger partial charge in [-0.05, 0) is 12.5 Å². The molecule has 0 amide bonds. The number of thioether (sulfide) groups is 1. The molecule has 1 aromatic carbocycles. The van der Waals surface area contributed by atoms with Crippen LogP contribution in [0.5, 0.6) is 5.75 Å². The van der Waals surface area contributed by atoms with Gasteiger partial charge in [0, 0.05) is 41.7 Å². The Labute approximate surface area is 119 Å². The average molecular weight is 278 g/mol. The summed E-state index contributed by atoms with van der Waals surface area (Å²) in [5.41, 5.74) is 7.58. The van der Waals surface area contributed by atoms with Gasteiger partial charge in [0.1, 0.15) is 12.4 Å². The first-order chi connectivity index (χ1) is 9.23. The molecule has 2 unspecified atom stereocenters. The van der Waals surface area contributed by atoms with E-state index >= 15 is 0 Å². The smallest absolute Gasteiger partial charge is 0.123 e. The van der Waals surface area contributed by atoms with Gasteiger partial charge in [-0.2, -0.15) is 11.8 Å². The number of hydrogen-bond donors (Lipinski definition) is 1. The molecule has 2 aliphatic heterocycles. The summed E-state index contributed by atoms with van der Waals surface area (Å²) in [4.78, 5) is 2.55. The Bertz CT molecular complexity index is 454. The zero-order valence-electron chi connectivity index (χ0n) is 11.5. The predicted molar refractivity (Wildman–Crippen MR) is 80.7 cm³/mol. The molecule has 0 radical (unpaired) electrons. The summed E-state index contributed by atoms with van der Waals surface area (Å²) in [7, 11) is 0. The van der Waals surface area contributed by atoms with Gasteiger partial charge in [0.05, 0.1) is 0 Å². The molecular weight excluding hydrogens is 256 g/mol. The second-order valence-corrected chi connectivity index (χ2v) is 7.06. The maximum Gasteiger partial charge on any atom is 0.123 e. The van der Waals surface area contributed by atoms with Crippen molar-refractivity contribution in [2.24, 2.45) is 5.73 Å². The minimum absolute atomic E-state index is 0.158. The Hall–Kier alpha value is -0.710. The number of nitrogens with zero attached hydrogens (tertiary/aromatic N) is 1. The van der Waals surface area contributed by atoms with Crippen molar-refractivity contribution in [3.05, 3.63) is 29.8 Å². The second-order valence-electron chi connectivity index (χ2n) is 5.63. The van der Waals surface area contributed by atoms with Gasteiger partial charge in [0.2, 0.25) is 0 Å². The fourth-order valence-electron chi connectivity index (χ4n) is 3.17. The molecule has 104 valence electrons. The quantitative estimate of drug-likeness (QED) is 0.899. The predicted octanol–water partition coefficient (Wildman–Crippen LogP) is 2.10. The molecule has 2 aliphatic rings. The van der Waals surface area contributed by atoms with E-state index in [9.17, 15) is 0 Å². The number of ether oxygens (including phenoxy) is 1. The maximum atomic E-state index is 6.14. The fraction of sp³-hybridized carbons (Fsp3) is 0.600. The fourth-order valence-corrected chi connectivity index (χ4v) is 4.61. The Kier molecular flexibility index (Phi) is 3.74. The molecule has 0 spiro atoms. The van der Waals surface area contributed by atoms with E-state index < -0.39 is 0 Å². The molecule has 4 heteroatoms.